The van der Waals surface area contributed by atoms with E-state index < -0.39 is 12.0 Å². The number of rotatable bonds is 2. The van der Waals surface area contributed by atoms with Crippen LogP contribution in [0.1, 0.15) is 11.9 Å². The third kappa shape index (κ3) is 1.74. The lowest BCUT2D eigenvalue weighted by Crippen LogP contribution is -2.22. The average molecular weight is 228 g/mol. The Balaban J connectivity index is 2.51. The largest absolute Gasteiger partial charge is 0.480 e. The van der Waals surface area contributed by atoms with E-state index in [9.17, 15) is 4.79 Å². The smallest absolute Gasteiger partial charge is 0.328 e. The van der Waals surface area contributed by atoms with Gasteiger partial charge in [0.1, 0.15) is 0 Å². The summed E-state index contributed by atoms with van der Waals surface area (Å²) in [6, 6.07) is -1.26. The number of nitrogens with zero attached hydrogens (tertiary/aromatic N) is 4. The maximum Gasteiger partial charge on any atom is 0.328 e. The highest BCUT2D eigenvalue weighted by atomic mass is 35.5. The zero-order valence-electron chi connectivity index (χ0n) is 7.33. The molecule has 0 fully saturated rings. The molecule has 0 aliphatic carbocycles. The molecule has 0 amide bonds. The van der Waals surface area contributed by atoms with Crippen LogP contribution in [0.15, 0.2) is 12.4 Å². The minimum absolute atomic E-state index is 0.00253. The summed E-state index contributed by atoms with van der Waals surface area (Å²) in [5.41, 5.74) is 5.34. The minimum Gasteiger partial charge on any atom is -0.480 e. The number of halogens is 1. The van der Waals surface area contributed by atoms with Gasteiger partial charge in [-0.25, -0.2) is 9.50 Å². The quantitative estimate of drug-likeness (QED) is 0.740. The molecule has 0 spiro atoms. The van der Waals surface area contributed by atoms with E-state index in [-0.39, 0.29) is 11.6 Å². The van der Waals surface area contributed by atoms with Crippen LogP contribution >= 0.6 is 11.6 Å². The average Bonchev–Trinajstić information content (AvgIpc) is 2.58. The molecule has 0 bridgehead atoms. The second kappa shape index (κ2) is 3.44. The molecule has 0 aliphatic rings. The van der Waals surface area contributed by atoms with E-state index in [1.807, 2.05) is 0 Å². The van der Waals surface area contributed by atoms with Crippen molar-refractivity contribution in [3.63, 3.8) is 0 Å². The van der Waals surface area contributed by atoms with E-state index in [2.05, 4.69) is 15.1 Å². The molecule has 0 radical (unpaired) electrons. The van der Waals surface area contributed by atoms with Crippen molar-refractivity contribution in [2.75, 3.05) is 0 Å². The molecule has 2 rings (SSSR count). The Kier molecular flexibility index (Phi) is 2.25. The van der Waals surface area contributed by atoms with Crippen LogP contribution in [0, 0.1) is 0 Å². The van der Waals surface area contributed by atoms with Gasteiger partial charge in [-0.1, -0.05) is 11.6 Å². The fourth-order valence-electron chi connectivity index (χ4n) is 1.02. The number of hydrogen-bond donors (Lipinski definition) is 2. The number of fused-ring (bicyclic) bond motifs is 1. The zero-order valence-corrected chi connectivity index (χ0v) is 8.09. The first-order valence-electron chi connectivity index (χ1n) is 3.94. The Morgan fingerprint density at radius 2 is 2.40 bits per heavy atom. The summed E-state index contributed by atoms with van der Waals surface area (Å²) in [5, 5.41) is 12.9. The van der Waals surface area contributed by atoms with Gasteiger partial charge in [0.25, 0.3) is 5.78 Å². The summed E-state index contributed by atoms with van der Waals surface area (Å²) in [6.07, 6.45) is 2.86. The number of aromatic nitrogens is 4. The highest BCUT2D eigenvalue weighted by Crippen LogP contribution is 2.09. The molecule has 0 aliphatic heterocycles. The molecule has 1 unspecified atom stereocenters. The van der Waals surface area contributed by atoms with Crippen LogP contribution in [0.5, 0.6) is 0 Å². The molecule has 2 heterocycles. The molecular formula is C7H6ClN5O2. The summed E-state index contributed by atoms with van der Waals surface area (Å²) in [5.74, 6) is -0.944. The summed E-state index contributed by atoms with van der Waals surface area (Å²) < 4.78 is 1.28. The maximum atomic E-state index is 10.6. The van der Waals surface area contributed by atoms with Crippen molar-refractivity contribution in [3.05, 3.63) is 23.2 Å². The number of nitrogens with two attached hydrogens (primary N) is 1. The van der Waals surface area contributed by atoms with Gasteiger partial charge in [-0.15, -0.1) is 5.10 Å². The molecule has 0 saturated heterocycles. The van der Waals surface area contributed by atoms with Gasteiger partial charge in [-0.05, 0) is 0 Å². The first kappa shape index (κ1) is 9.81. The number of carbonyl (C=O) groups is 1. The van der Waals surface area contributed by atoms with E-state index >= 15 is 0 Å². The Labute approximate surface area is 88.5 Å². The molecule has 15 heavy (non-hydrogen) atoms. The first-order chi connectivity index (χ1) is 7.08. The summed E-state index contributed by atoms with van der Waals surface area (Å²) in [6.45, 7) is 0. The summed E-state index contributed by atoms with van der Waals surface area (Å²) in [7, 11) is 0. The second-order valence-electron chi connectivity index (χ2n) is 2.80. The van der Waals surface area contributed by atoms with Gasteiger partial charge >= 0.3 is 5.97 Å². The van der Waals surface area contributed by atoms with Gasteiger partial charge in [-0.3, -0.25) is 4.79 Å². The molecule has 7 nitrogen and oxygen atoms in total. The van der Waals surface area contributed by atoms with Crippen molar-refractivity contribution in [1.82, 2.24) is 19.6 Å². The van der Waals surface area contributed by atoms with Gasteiger partial charge in [0.2, 0.25) is 0 Å². The maximum absolute atomic E-state index is 10.6. The van der Waals surface area contributed by atoms with Crippen LogP contribution in [0.4, 0.5) is 0 Å². The first-order valence-corrected chi connectivity index (χ1v) is 4.32. The Morgan fingerprint density at radius 3 is 3.07 bits per heavy atom. The van der Waals surface area contributed by atoms with Crippen LogP contribution in [-0.2, 0) is 4.79 Å². The predicted octanol–water partition coefficient (Wildman–Crippen LogP) is -0.138. The highest BCUT2D eigenvalue weighted by Gasteiger charge is 2.19. The third-order valence-corrected chi connectivity index (χ3v) is 1.92. The van der Waals surface area contributed by atoms with Crippen molar-refractivity contribution >= 4 is 23.3 Å². The summed E-state index contributed by atoms with van der Waals surface area (Å²) in [4.78, 5) is 18.3. The van der Waals surface area contributed by atoms with Gasteiger partial charge in [0.05, 0.1) is 17.4 Å². The normalized spacial score (nSPS) is 12.9. The molecule has 2 aromatic rings. The number of carboxylic acids is 1. The van der Waals surface area contributed by atoms with Crippen molar-refractivity contribution in [3.8, 4) is 0 Å². The van der Waals surface area contributed by atoms with Crippen LogP contribution in [0.2, 0.25) is 5.02 Å². The van der Waals surface area contributed by atoms with E-state index in [0.717, 1.165) is 0 Å². The third-order valence-electron chi connectivity index (χ3n) is 1.72. The van der Waals surface area contributed by atoms with Crippen molar-refractivity contribution < 1.29 is 9.90 Å². The van der Waals surface area contributed by atoms with Crippen LogP contribution in [-0.4, -0.2) is 30.7 Å². The van der Waals surface area contributed by atoms with Gasteiger partial charge < -0.3 is 10.8 Å². The number of aliphatic carboxylic acids is 1. The lowest BCUT2D eigenvalue weighted by molar-refractivity contribution is -0.138. The standard InChI is InChI=1S/C7H6ClN5O2/c8-3-1-10-7-11-5(4(9)6(14)15)12-13(7)2-3/h1-2,4H,9H2,(H,14,15). The highest BCUT2D eigenvalue weighted by molar-refractivity contribution is 6.30. The monoisotopic (exact) mass is 227 g/mol. The van der Waals surface area contributed by atoms with E-state index in [1.165, 1.54) is 16.9 Å². The van der Waals surface area contributed by atoms with Crippen molar-refractivity contribution in [2.24, 2.45) is 5.73 Å². The second-order valence-corrected chi connectivity index (χ2v) is 3.24. The number of hydrogen-bond acceptors (Lipinski definition) is 5. The Morgan fingerprint density at radius 1 is 1.67 bits per heavy atom. The topological polar surface area (TPSA) is 106 Å². The van der Waals surface area contributed by atoms with Crippen LogP contribution in [0.25, 0.3) is 5.78 Å². The van der Waals surface area contributed by atoms with Crippen LogP contribution in [0.3, 0.4) is 0 Å². The Hall–Kier alpha value is -1.73. The van der Waals surface area contributed by atoms with Gasteiger partial charge in [-0.2, -0.15) is 4.98 Å². The lowest BCUT2D eigenvalue weighted by atomic mass is 10.3. The van der Waals surface area contributed by atoms with Crippen molar-refractivity contribution in [1.29, 1.82) is 0 Å². The summed E-state index contributed by atoms with van der Waals surface area (Å²) >= 11 is 5.67. The predicted molar refractivity (Wildman–Crippen MR) is 50.4 cm³/mol. The molecule has 78 valence electrons. The van der Waals surface area contributed by atoms with Gasteiger partial charge in [0, 0.05) is 0 Å². The molecule has 0 aromatic carbocycles. The molecule has 1 atom stereocenters. The molecule has 2 aromatic heterocycles. The molecule has 0 saturated carbocycles. The minimum atomic E-state index is -1.26. The molecular weight excluding hydrogens is 222 g/mol. The molecule has 8 heteroatoms. The fraction of sp³-hybridized carbons (Fsp3) is 0.143. The number of carboxylic acid groups (broad SMARTS) is 1. The fourth-order valence-corrected chi connectivity index (χ4v) is 1.16. The SMILES string of the molecule is NC(C(=O)O)c1nc2ncc(Cl)cn2n1. The molecule has 3 N–H and O–H groups in total. The van der Waals surface area contributed by atoms with Crippen LogP contribution < -0.4 is 5.73 Å². The van der Waals surface area contributed by atoms with E-state index in [4.69, 9.17) is 22.4 Å². The Bertz CT molecular complexity index is 525. The van der Waals surface area contributed by atoms with E-state index in [0.29, 0.717) is 5.02 Å². The van der Waals surface area contributed by atoms with E-state index in [1.54, 1.807) is 0 Å². The van der Waals surface area contributed by atoms with Gasteiger partial charge in [0.15, 0.2) is 11.9 Å². The van der Waals surface area contributed by atoms with Crippen molar-refractivity contribution in [2.45, 2.75) is 6.04 Å². The lowest BCUT2D eigenvalue weighted by Gasteiger charge is -1.97. The zero-order chi connectivity index (χ0) is 11.0.